The van der Waals surface area contributed by atoms with Crippen molar-refractivity contribution in [3.05, 3.63) is 28.3 Å². The third-order valence-corrected chi connectivity index (χ3v) is 3.23. The number of halogens is 2. The molecular weight excluding hydrogens is 252 g/mol. The molecule has 1 N–H and O–H groups in total. The summed E-state index contributed by atoms with van der Waals surface area (Å²) in [5.74, 6) is -2.37. The first-order valence-corrected chi connectivity index (χ1v) is 5.45. The van der Waals surface area contributed by atoms with Gasteiger partial charge >= 0.3 is 5.97 Å². The highest BCUT2D eigenvalue weighted by Gasteiger charge is 2.30. The number of thiophene rings is 1. The smallest absolute Gasteiger partial charge is 0.341 e. The average molecular weight is 259 g/mol. The molecule has 2 heterocycles. The van der Waals surface area contributed by atoms with Gasteiger partial charge in [0.15, 0.2) is 0 Å². The molecule has 0 aromatic carbocycles. The van der Waals surface area contributed by atoms with Gasteiger partial charge in [-0.15, -0.1) is 11.3 Å². The molecule has 0 atom stereocenters. The SMILES string of the molecule is Cc1ccsc1-c1noc(C(F)F)c1C(=O)O. The van der Waals surface area contributed by atoms with Gasteiger partial charge in [0.1, 0.15) is 11.3 Å². The maximum atomic E-state index is 12.5. The van der Waals surface area contributed by atoms with E-state index < -0.39 is 23.7 Å². The van der Waals surface area contributed by atoms with Crippen LogP contribution in [0.3, 0.4) is 0 Å². The van der Waals surface area contributed by atoms with Crippen LogP contribution in [-0.2, 0) is 0 Å². The topological polar surface area (TPSA) is 63.3 Å². The van der Waals surface area contributed by atoms with Crippen LogP contribution in [0.25, 0.3) is 10.6 Å². The molecule has 0 fully saturated rings. The van der Waals surface area contributed by atoms with Crippen LogP contribution >= 0.6 is 11.3 Å². The second kappa shape index (κ2) is 4.25. The molecule has 0 aliphatic heterocycles. The Labute approximate surface area is 98.5 Å². The monoisotopic (exact) mass is 259 g/mol. The highest BCUT2D eigenvalue weighted by molar-refractivity contribution is 7.13. The number of carbonyl (C=O) groups is 1. The zero-order valence-corrected chi connectivity index (χ0v) is 9.42. The van der Waals surface area contributed by atoms with Gasteiger partial charge in [-0.1, -0.05) is 5.16 Å². The molecule has 0 aliphatic rings. The number of rotatable bonds is 3. The molecule has 4 nitrogen and oxygen atoms in total. The van der Waals surface area contributed by atoms with E-state index in [1.165, 1.54) is 11.3 Å². The lowest BCUT2D eigenvalue weighted by Crippen LogP contribution is -2.01. The van der Waals surface area contributed by atoms with Gasteiger partial charge in [-0.05, 0) is 23.9 Å². The van der Waals surface area contributed by atoms with E-state index in [1.807, 2.05) is 0 Å². The molecule has 0 spiro atoms. The Hall–Kier alpha value is -1.76. The fourth-order valence-electron chi connectivity index (χ4n) is 1.43. The van der Waals surface area contributed by atoms with Gasteiger partial charge in [0.2, 0.25) is 5.76 Å². The number of hydrogen-bond donors (Lipinski definition) is 1. The number of aryl methyl sites for hydroxylation is 1. The Balaban J connectivity index is 2.64. The molecular formula is C10H7F2NO3S. The first kappa shape index (κ1) is 11.7. The molecule has 2 rings (SSSR count). The lowest BCUT2D eigenvalue weighted by Gasteiger charge is -1.97. The molecule has 0 amide bonds. The van der Waals surface area contributed by atoms with E-state index in [9.17, 15) is 13.6 Å². The van der Waals surface area contributed by atoms with E-state index >= 15 is 0 Å². The van der Waals surface area contributed by atoms with Crippen molar-refractivity contribution in [3.63, 3.8) is 0 Å². The van der Waals surface area contributed by atoms with Gasteiger partial charge in [-0.2, -0.15) is 0 Å². The minimum absolute atomic E-state index is 0.0414. The maximum Gasteiger partial charge on any atom is 0.341 e. The van der Waals surface area contributed by atoms with Gasteiger partial charge in [0.05, 0.1) is 4.88 Å². The Morgan fingerprint density at radius 2 is 2.29 bits per heavy atom. The lowest BCUT2D eigenvalue weighted by molar-refractivity contribution is 0.0670. The Kier molecular flexibility index (Phi) is 2.93. The van der Waals surface area contributed by atoms with Crippen molar-refractivity contribution >= 4 is 17.3 Å². The van der Waals surface area contributed by atoms with E-state index in [1.54, 1.807) is 18.4 Å². The van der Waals surface area contributed by atoms with Crippen molar-refractivity contribution in [2.75, 3.05) is 0 Å². The van der Waals surface area contributed by atoms with Gasteiger partial charge < -0.3 is 9.63 Å². The summed E-state index contributed by atoms with van der Waals surface area (Å²) in [6.07, 6.45) is -3.00. The zero-order chi connectivity index (χ0) is 12.6. The van der Waals surface area contributed by atoms with Gasteiger partial charge in [0, 0.05) is 0 Å². The predicted octanol–water partition coefficient (Wildman–Crippen LogP) is 3.35. The van der Waals surface area contributed by atoms with Crippen LogP contribution in [0.5, 0.6) is 0 Å². The number of aromatic carboxylic acids is 1. The summed E-state index contributed by atoms with van der Waals surface area (Å²) in [5, 5.41) is 14.1. The molecule has 90 valence electrons. The van der Waals surface area contributed by atoms with Crippen molar-refractivity contribution in [2.24, 2.45) is 0 Å². The third-order valence-electron chi connectivity index (χ3n) is 2.21. The molecule has 0 saturated carbocycles. The van der Waals surface area contributed by atoms with Crippen molar-refractivity contribution < 1.29 is 23.2 Å². The predicted molar refractivity (Wildman–Crippen MR) is 56.5 cm³/mol. The maximum absolute atomic E-state index is 12.5. The van der Waals surface area contributed by atoms with Crippen molar-refractivity contribution in [1.29, 1.82) is 0 Å². The number of hydrogen-bond acceptors (Lipinski definition) is 4. The molecule has 2 aromatic heterocycles. The molecule has 7 heteroatoms. The van der Waals surface area contributed by atoms with Crippen molar-refractivity contribution in [2.45, 2.75) is 13.3 Å². The van der Waals surface area contributed by atoms with E-state index in [2.05, 4.69) is 9.68 Å². The number of carboxylic acids is 1. The molecule has 0 bridgehead atoms. The van der Waals surface area contributed by atoms with Crippen LogP contribution in [0, 0.1) is 6.92 Å². The normalized spacial score (nSPS) is 11.1. The Morgan fingerprint density at radius 3 is 2.76 bits per heavy atom. The van der Waals surface area contributed by atoms with Crippen molar-refractivity contribution in [3.8, 4) is 10.6 Å². The highest BCUT2D eigenvalue weighted by atomic mass is 32.1. The minimum atomic E-state index is -3.00. The second-order valence-electron chi connectivity index (χ2n) is 3.31. The van der Waals surface area contributed by atoms with Crippen LogP contribution in [0.2, 0.25) is 0 Å². The zero-order valence-electron chi connectivity index (χ0n) is 8.61. The van der Waals surface area contributed by atoms with Crippen LogP contribution in [-0.4, -0.2) is 16.2 Å². The largest absolute Gasteiger partial charge is 0.477 e. The quantitative estimate of drug-likeness (QED) is 0.918. The van der Waals surface area contributed by atoms with E-state index in [0.717, 1.165) is 5.56 Å². The summed E-state index contributed by atoms with van der Waals surface area (Å²) in [5.41, 5.74) is 0.164. The van der Waals surface area contributed by atoms with Gasteiger partial charge in [0.25, 0.3) is 6.43 Å². The van der Waals surface area contributed by atoms with Crippen LogP contribution in [0.1, 0.15) is 28.1 Å². The van der Waals surface area contributed by atoms with Crippen LogP contribution in [0.15, 0.2) is 16.0 Å². The summed E-state index contributed by atoms with van der Waals surface area (Å²) in [4.78, 5) is 11.5. The first-order chi connectivity index (χ1) is 8.02. The van der Waals surface area contributed by atoms with Gasteiger partial charge in [-0.3, -0.25) is 0 Å². The van der Waals surface area contributed by atoms with Gasteiger partial charge in [-0.25, -0.2) is 13.6 Å². The van der Waals surface area contributed by atoms with Crippen molar-refractivity contribution in [1.82, 2.24) is 5.16 Å². The number of alkyl halides is 2. The summed E-state index contributed by atoms with van der Waals surface area (Å²) in [6, 6.07) is 1.75. The number of nitrogens with zero attached hydrogens (tertiary/aromatic N) is 1. The first-order valence-electron chi connectivity index (χ1n) is 4.57. The van der Waals surface area contributed by atoms with E-state index in [-0.39, 0.29) is 5.69 Å². The highest BCUT2D eigenvalue weighted by Crippen LogP contribution is 2.35. The number of aromatic nitrogens is 1. The summed E-state index contributed by atoms with van der Waals surface area (Å²) in [6.45, 7) is 1.74. The summed E-state index contributed by atoms with van der Waals surface area (Å²) < 4.78 is 29.5. The summed E-state index contributed by atoms with van der Waals surface area (Å²) >= 11 is 1.23. The van der Waals surface area contributed by atoms with E-state index in [0.29, 0.717) is 4.88 Å². The van der Waals surface area contributed by atoms with Crippen LogP contribution in [0.4, 0.5) is 8.78 Å². The molecule has 0 radical (unpaired) electrons. The number of carboxylic acid groups (broad SMARTS) is 1. The fourth-order valence-corrected chi connectivity index (χ4v) is 2.34. The summed E-state index contributed by atoms with van der Waals surface area (Å²) in [7, 11) is 0. The lowest BCUT2D eigenvalue weighted by atomic mass is 10.1. The molecule has 0 aliphatic carbocycles. The van der Waals surface area contributed by atoms with E-state index in [4.69, 9.17) is 5.11 Å². The molecule has 2 aromatic rings. The molecule has 0 unspecified atom stereocenters. The molecule has 17 heavy (non-hydrogen) atoms. The third kappa shape index (κ3) is 1.93. The molecule has 0 saturated heterocycles. The standard InChI is InChI=1S/C10H7F2NO3S/c1-4-2-3-17-8(4)6-5(10(14)15)7(9(11)12)16-13-6/h2-3,9H,1H3,(H,14,15). The Bertz CT molecular complexity index is 562. The average Bonchev–Trinajstić information content (AvgIpc) is 2.82. The minimum Gasteiger partial charge on any atom is -0.477 e. The second-order valence-corrected chi connectivity index (χ2v) is 4.23. The Morgan fingerprint density at radius 1 is 1.59 bits per heavy atom. The van der Waals surface area contributed by atoms with Crippen LogP contribution < -0.4 is 0 Å². The fraction of sp³-hybridized carbons (Fsp3) is 0.200.